The van der Waals surface area contributed by atoms with Gasteiger partial charge in [-0.05, 0) is 59.8 Å². The molecule has 4 aromatic heterocycles. The molecular weight excluding hydrogens is 512 g/mol. The van der Waals surface area contributed by atoms with E-state index >= 15 is 0 Å². The molecule has 10 heteroatoms. The van der Waals surface area contributed by atoms with Gasteiger partial charge >= 0.3 is 0 Å². The van der Waals surface area contributed by atoms with Gasteiger partial charge in [0.25, 0.3) is 0 Å². The van der Waals surface area contributed by atoms with E-state index in [-0.39, 0.29) is 0 Å². The lowest BCUT2D eigenvalue weighted by Gasteiger charge is -2.06. The Hall–Kier alpha value is -4.54. The summed E-state index contributed by atoms with van der Waals surface area (Å²) >= 11 is 10.6. The van der Waals surface area contributed by atoms with Crippen molar-refractivity contribution in [1.82, 2.24) is 39.5 Å². The van der Waals surface area contributed by atoms with E-state index < -0.39 is 0 Å². The highest BCUT2D eigenvalue weighted by molar-refractivity contribution is 7.71. The average molecular weight is 537 g/mol. The number of rotatable bonds is 6. The number of hydrogen-bond donors (Lipinski definition) is 2. The lowest BCUT2D eigenvalue weighted by Crippen LogP contribution is -2.02. The lowest BCUT2D eigenvalue weighted by atomic mass is 10.2. The summed E-state index contributed by atoms with van der Waals surface area (Å²) in [5, 5.41) is 14.3. The predicted molar refractivity (Wildman–Crippen MR) is 152 cm³/mol. The molecule has 6 aromatic rings. The van der Waals surface area contributed by atoms with Gasteiger partial charge in [0, 0.05) is 35.9 Å². The Kier molecular flexibility index (Phi) is 8.02. The Morgan fingerprint density at radius 2 is 0.895 bits per heavy atom. The van der Waals surface area contributed by atoms with E-state index in [1.807, 2.05) is 69.8 Å². The zero-order valence-electron chi connectivity index (χ0n) is 20.3. The number of H-pyrrole nitrogens is 2. The van der Waals surface area contributed by atoms with Crippen LogP contribution in [-0.4, -0.2) is 39.5 Å². The van der Waals surface area contributed by atoms with Crippen LogP contribution >= 0.6 is 24.4 Å². The van der Waals surface area contributed by atoms with Crippen LogP contribution in [0.3, 0.4) is 0 Å². The first-order valence-electron chi connectivity index (χ1n) is 11.9. The summed E-state index contributed by atoms with van der Waals surface area (Å²) in [6.07, 6.45) is 7.00. The van der Waals surface area contributed by atoms with Crippen molar-refractivity contribution in [3.8, 4) is 22.8 Å². The highest BCUT2D eigenvalue weighted by Gasteiger charge is 2.10. The monoisotopic (exact) mass is 536 g/mol. The molecular formula is C28H24N8S2. The molecule has 0 amide bonds. The van der Waals surface area contributed by atoms with Gasteiger partial charge in [-0.25, -0.2) is 0 Å². The van der Waals surface area contributed by atoms with Crippen LogP contribution in [0.15, 0.2) is 110 Å². The average Bonchev–Trinajstić information content (AvgIpc) is 3.53. The first-order valence-corrected chi connectivity index (χ1v) is 12.7. The van der Waals surface area contributed by atoms with Crippen molar-refractivity contribution in [1.29, 1.82) is 0 Å². The summed E-state index contributed by atoms with van der Waals surface area (Å²) in [4.78, 5) is 8.04. The molecule has 0 bridgehead atoms. The summed E-state index contributed by atoms with van der Waals surface area (Å²) in [6, 6.07) is 28.1. The number of aromatic nitrogens is 8. The van der Waals surface area contributed by atoms with Gasteiger partial charge in [-0.15, -0.1) is 0 Å². The number of benzene rings is 2. The zero-order valence-corrected chi connectivity index (χ0v) is 21.9. The molecule has 0 saturated heterocycles. The van der Waals surface area contributed by atoms with Crippen LogP contribution in [0.25, 0.3) is 22.8 Å². The van der Waals surface area contributed by atoms with Crippen molar-refractivity contribution in [2.24, 2.45) is 0 Å². The maximum Gasteiger partial charge on any atom is 0.195 e. The molecule has 0 radical (unpaired) electrons. The molecule has 0 fully saturated rings. The number of pyridine rings is 2. The molecule has 0 aliphatic rings. The third-order valence-corrected chi connectivity index (χ3v) is 6.38. The van der Waals surface area contributed by atoms with Gasteiger partial charge in [0.2, 0.25) is 0 Å². The fraction of sp³-hybridized carbons (Fsp3) is 0.0714. The van der Waals surface area contributed by atoms with Crippen LogP contribution in [0.2, 0.25) is 0 Å². The molecule has 0 saturated carbocycles. The van der Waals surface area contributed by atoms with Gasteiger partial charge in [-0.2, -0.15) is 10.2 Å². The Morgan fingerprint density at radius 1 is 0.526 bits per heavy atom. The Balaban J connectivity index is 0.000000155. The van der Waals surface area contributed by atoms with Crippen LogP contribution in [0.1, 0.15) is 11.1 Å². The molecule has 4 heterocycles. The first kappa shape index (κ1) is 25.1. The van der Waals surface area contributed by atoms with Gasteiger partial charge in [0.05, 0.1) is 13.1 Å². The van der Waals surface area contributed by atoms with Crippen molar-refractivity contribution < 1.29 is 0 Å². The molecule has 0 atom stereocenters. The predicted octanol–water partition coefficient (Wildman–Crippen LogP) is 6.10. The van der Waals surface area contributed by atoms with Crippen molar-refractivity contribution in [2.75, 3.05) is 0 Å². The largest absolute Gasteiger partial charge is 0.296 e. The maximum atomic E-state index is 5.30. The van der Waals surface area contributed by atoms with Crippen molar-refractivity contribution >= 4 is 24.4 Å². The second-order valence-corrected chi connectivity index (χ2v) is 9.09. The van der Waals surface area contributed by atoms with Crippen molar-refractivity contribution in [2.45, 2.75) is 13.1 Å². The van der Waals surface area contributed by atoms with Gasteiger partial charge in [0.1, 0.15) is 0 Å². The number of nitrogens with one attached hydrogen (secondary N) is 2. The third-order valence-electron chi connectivity index (χ3n) is 5.76. The van der Waals surface area contributed by atoms with E-state index in [9.17, 15) is 0 Å². The van der Waals surface area contributed by atoms with Crippen LogP contribution in [0.5, 0.6) is 0 Å². The normalized spacial score (nSPS) is 10.5. The third kappa shape index (κ3) is 6.05. The number of aromatic amines is 2. The minimum absolute atomic E-state index is 0.621. The zero-order chi connectivity index (χ0) is 26.2. The Bertz CT molecular complexity index is 1560. The molecule has 0 spiro atoms. The lowest BCUT2D eigenvalue weighted by molar-refractivity contribution is 0.790. The standard InChI is InChI=1S/2C14H12N4S/c2*19-14-17-16-13(12-6-8-15-9-7-12)18(14)10-11-4-2-1-3-5-11/h2*1-9H,10H2,(H,17,19). The summed E-state index contributed by atoms with van der Waals surface area (Å²) < 4.78 is 5.21. The van der Waals surface area contributed by atoms with E-state index in [2.05, 4.69) is 54.6 Å². The van der Waals surface area contributed by atoms with Crippen molar-refractivity contribution in [3.05, 3.63) is 130 Å². The molecule has 6 rings (SSSR count). The summed E-state index contributed by atoms with van der Waals surface area (Å²) in [5.41, 5.74) is 4.38. The Morgan fingerprint density at radius 3 is 1.26 bits per heavy atom. The highest BCUT2D eigenvalue weighted by atomic mass is 32.1. The highest BCUT2D eigenvalue weighted by Crippen LogP contribution is 2.18. The summed E-state index contributed by atoms with van der Waals surface area (Å²) in [7, 11) is 0. The van der Waals surface area contributed by atoms with Crippen LogP contribution < -0.4 is 0 Å². The summed E-state index contributed by atoms with van der Waals surface area (Å²) in [6.45, 7) is 1.40. The smallest absolute Gasteiger partial charge is 0.195 e. The quantitative estimate of drug-likeness (QED) is 0.250. The molecule has 2 aromatic carbocycles. The SMILES string of the molecule is S=c1[nH]nc(-c2ccncc2)n1Cc1ccccc1.S=c1[nH]nc(-c2ccncc2)n1Cc1ccccc1. The summed E-state index contributed by atoms with van der Waals surface area (Å²) in [5.74, 6) is 1.66. The topological polar surface area (TPSA) is 93.0 Å². The fourth-order valence-electron chi connectivity index (χ4n) is 3.90. The van der Waals surface area contributed by atoms with E-state index in [4.69, 9.17) is 24.4 Å². The van der Waals surface area contributed by atoms with Crippen LogP contribution in [-0.2, 0) is 13.1 Å². The molecule has 0 aliphatic carbocycles. The minimum Gasteiger partial charge on any atom is -0.296 e. The van der Waals surface area contributed by atoms with E-state index in [0.717, 1.165) is 22.8 Å². The van der Waals surface area contributed by atoms with Gasteiger partial charge in [-0.1, -0.05) is 60.7 Å². The first-order chi connectivity index (χ1) is 18.7. The van der Waals surface area contributed by atoms with Crippen LogP contribution in [0, 0.1) is 9.54 Å². The number of hydrogen-bond acceptors (Lipinski definition) is 6. The fourth-order valence-corrected chi connectivity index (χ4v) is 4.30. The van der Waals surface area contributed by atoms with Crippen LogP contribution in [0.4, 0.5) is 0 Å². The molecule has 0 aliphatic heterocycles. The molecule has 0 unspecified atom stereocenters. The maximum absolute atomic E-state index is 5.30. The molecule has 2 N–H and O–H groups in total. The van der Waals surface area contributed by atoms with E-state index in [1.165, 1.54) is 11.1 Å². The second-order valence-electron chi connectivity index (χ2n) is 8.32. The van der Waals surface area contributed by atoms with E-state index in [0.29, 0.717) is 22.6 Å². The van der Waals surface area contributed by atoms with E-state index in [1.54, 1.807) is 24.8 Å². The molecule has 8 nitrogen and oxygen atoms in total. The Labute approximate surface area is 229 Å². The number of nitrogens with zero attached hydrogens (tertiary/aromatic N) is 6. The molecule has 188 valence electrons. The van der Waals surface area contributed by atoms with Gasteiger partial charge < -0.3 is 0 Å². The minimum atomic E-state index is 0.621. The van der Waals surface area contributed by atoms with Gasteiger partial charge in [0.15, 0.2) is 21.2 Å². The van der Waals surface area contributed by atoms with Gasteiger partial charge in [-0.3, -0.25) is 29.3 Å². The molecule has 38 heavy (non-hydrogen) atoms. The second kappa shape index (κ2) is 12.1. The van der Waals surface area contributed by atoms with Crippen molar-refractivity contribution in [3.63, 3.8) is 0 Å².